The molecule has 1 saturated heterocycles. The van der Waals surface area contributed by atoms with Gasteiger partial charge in [0, 0.05) is 12.2 Å². The summed E-state index contributed by atoms with van der Waals surface area (Å²) in [6.45, 7) is 2.75. The average molecular weight is 378 g/mol. The Hall–Kier alpha value is -3.26. The highest BCUT2D eigenvalue weighted by Gasteiger charge is 2.25. The Morgan fingerprint density at radius 3 is 2.61 bits per heavy atom. The number of aromatic amines is 1. The Kier molecular flexibility index (Phi) is 5.29. The van der Waals surface area contributed by atoms with Gasteiger partial charge in [0.1, 0.15) is 0 Å². The number of hydrogen-bond donors (Lipinski definition) is 2. The van der Waals surface area contributed by atoms with Gasteiger partial charge in [-0.15, -0.1) is 0 Å². The minimum Gasteiger partial charge on any atom is -0.325 e. The summed E-state index contributed by atoms with van der Waals surface area (Å²) in [5, 5.41) is 12.5. The standard InChI is InChI=1S/C20H22N6O2/c27-19(18(14-25-11-4-5-12-25)15-7-2-1-3-8-15)21-16-9-6-10-17(13-16)26-20(28)22-23-24-26/h1-3,6-10,13,18H,4-5,11-12,14H2,(H,21,27)(H,22,24,28). The van der Waals surface area contributed by atoms with Crippen molar-refractivity contribution in [2.75, 3.05) is 25.0 Å². The van der Waals surface area contributed by atoms with E-state index in [1.165, 1.54) is 12.8 Å². The van der Waals surface area contributed by atoms with E-state index in [9.17, 15) is 9.59 Å². The van der Waals surface area contributed by atoms with Crippen LogP contribution >= 0.6 is 0 Å². The van der Waals surface area contributed by atoms with Crippen LogP contribution in [0.3, 0.4) is 0 Å². The second kappa shape index (κ2) is 8.18. The summed E-state index contributed by atoms with van der Waals surface area (Å²) in [4.78, 5) is 27.2. The predicted octanol–water partition coefficient (Wildman–Crippen LogP) is 1.77. The van der Waals surface area contributed by atoms with Gasteiger partial charge in [-0.05, 0) is 60.1 Å². The van der Waals surface area contributed by atoms with Crippen LogP contribution < -0.4 is 11.0 Å². The van der Waals surface area contributed by atoms with Crippen molar-refractivity contribution >= 4 is 11.6 Å². The van der Waals surface area contributed by atoms with E-state index in [0.29, 0.717) is 17.9 Å². The number of carbonyl (C=O) groups excluding carboxylic acids is 1. The fraction of sp³-hybridized carbons (Fsp3) is 0.300. The lowest BCUT2D eigenvalue weighted by Crippen LogP contribution is -2.33. The molecule has 0 radical (unpaired) electrons. The molecule has 144 valence electrons. The van der Waals surface area contributed by atoms with E-state index in [2.05, 4.69) is 25.7 Å². The van der Waals surface area contributed by atoms with Gasteiger partial charge in [-0.25, -0.2) is 9.89 Å². The minimum absolute atomic E-state index is 0.0669. The number of H-pyrrole nitrogens is 1. The number of benzene rings is 2. The molecular formula is C20H22N6O2. The van der Waals surface area contributed by atoms with E-state index in [4.69, 9.17) is 0 Å². The van der Waals surface area contributed by atoms with Crippen molar-refractivity contribution < 1.29 is 4.79 Å². The molecule has 0 spiro atoms. The molecule has 8 nitrogen and oxygen atoms in total. The smallest absolute Gasteiger partial charge is 0.325 e. The summed E-state index contributed by atoms with van der Waals surface area (Å²) in [5.74, 6) is -0.333. The van der Waals surface area contributed by atoms with Crippen LogP contribution in [0, 0.1) is 0 Å². The molecule has 0 aliphatic carbocycles. The first kappa shape index (κ1) is 18.1. The van der Waals surface area contributed by atoms with Crippen molar-refractivity contribution in [3.8, 4) is 5.69 Å². The van der Waals surface area contributed by atoms with Crippen molar-refractivity contribution in [2.45, 2.75) is 18.8 Å². The van der Waals surface area contributed by atoms with Gasteiger partial charge in [0.2, 0.25) is 5.91 Å². The van der Waals surface area contributed by atoms with E-state index in [1.54, 1.807) is 24.3 Å². The molecule has 1 aliphatic heterocycles. The summed E-state index contributed by atoms with van der Waals surface area (Å²) in [6, 6.07) is 16.9. The van der Waals surface area contributed by atoms with Crippen molar-refractivity contribution in [3.63, 3.8) is 0 Å². The SMILES string of the molecule is O=C(Nc1cccc(-n2nn[nH]c2=O)c1)C(CN1CCCC1)c1ccccc1. The Labute approximate surface area is 162 Å². The lowest BCUT2D eigenvalue weighted by molar-refractivity contribution is -0.118. The quantitative estimate of drug-likeness (QED) is 0.682. The zero-order chi connectivity index (χ0) is 19.3. The van der Waals surface area contributed by atoms with Crippen LogP contribution in [-0.4, -0.2) is 50.6 Å². The first-order valence-electron chi connectivity index (χ1n) is 9.40. The second-order valence-corrected chi connectivity index (χ2v) is 6.93. The van der Waals surface area contributed by atoms with Gasteiger partial charge in [-0.3, -0.25) is 4.79 Å². The number of aromatic nitrogens is 4. The highest BCUT2D eigenvalue weighted by Crippen LogP contribution is 2.22. The molecule has 0 bridgehead atoms. The largest absolute Gasteiger partial charge is 0.365 e. The lowest BCUT2D eigenvalue weighted by Gasteiger charge is -2.23. The van der Waals surface area contributed by atoms with Crippen LogP contribution in [0.25, 0.3) is 5.69 Å². The van der Waals surface area contributed by atoms with Crippen molar-refractivity contribution in [1.82, 2.24) is 25.1 Å². The van der Waals surface area contributed by atoms with Gasteiger partial charge in [-0.2, -0.15) is 4.68 Å². The summed E-state index contributed by atoms with van der Waals surface area (Å²) < 4.78 is 1.15. The van der Waals surface area contributed by atoms with Gasteiger partial charge in [-0.1, -0.05) is 36.4 Å². The first-order chi connectivity index (χ1) is 13.7. The third-order valence-electron chi connectivity index (χ3n) is 4.99. The Morgan fingerprint density at radius 2 is 1.89 bits per heavy atom. The van der Waals surface area contributed by atoms with Gasteiger partial charge < -0.3 is 10.2 Å². The number of nitrogens with zero attached hydrogens (tertiary/aromatic N) is 4. The van der Waals surface area contributed by atoms with Gasteiger partial charge in [0.25, 0.3) is 0 Å². The molecular weight excluding hydrogens is 356 g/mol. The van der Waals surface area contributed by atoms with Crippen LogP contribution in [-0.2, 0) is 4.79 Å². The number of tetrazole rings is 1. The van der Waals surface area contributed by atoms with E-state index >= 15 is 0 Å². The fourth-order valence-corrected chi connectivity index (χ4v) is 3.56. The highest BCUT2D eigenvalue weighted by molar-refractivity contribution is 5.96. The van der Waals surface area contributed by atoms with Gasteiger partial charge in [0.05, 0.1) is 11.6 Å². The van der Waals surface area contributed by atoms with E-state index in [1.807, 2.05) is 30.3 Å². The molecule has 28 heavy (non-hydrogen) atoms. The Bertz CT molecular complexity index is 991. The zero-order valence-electron chi connectivity index (χ0n) is 15.4. The van der Waals surface area contributed by atoms with Gasteiger partial charge >= 0.3 is 5.69 Å². The molecule has 2 heterocycles. The van der Waals surface area contributed by atoms with Crippen LogP contribution in [0.15, 0.2) is 59.4 Å². The predicted molar refractivity (Wildman–Crippen MR) is 105 cm³/mol. The van der Waals surface area contributed by atoms with Crippen LogP contribution in [0.1, 0.15) is 24.3 Å². The molecule has 1 atom stereocenters. The van der Waals surface area contributed by atoms with Crippen molar-refractivity contribution in [3.05, 3.63) is 70.6 Å². The molecule has 1 fully saturated rings. The zero-order valence-corrected chi connectivity index (χ0v) is 15.4. The Morgan fingerprint density at radius 1 is 1.11 bits per heavy atom. The third kappa shape index (κ3) is 4.01. The van der Waals surface area contributed by atoms with Crippen LogP contribution in [0.2, 0.25) is 0 Å². The Balaban J connectivity index is 1.56. The summed E-state index contributed by atoms with van der Waals surface area (Å²) in [7, 11) is 0. The van der Waals surface area contributed by atoms with Crippen LogP contribution in [0.4, 0.5) is 5.69 Å². The lowest BCUT2D eigenvalue weighted by atomic mass is 9.97. The topological polar surface area (TPSA) is 95.9 Å². The minimum atomic E-state index is -0.431. The number of nitrogens with one attached hydrogen (secondary N) is 2. The monoisotopic (exact) mass is 378 g/mol. The molecule has 2 aromatic carbocycles. The molecule has 8 heteroatoms. The molecule has 4 rings (SSSR count). The fourth-order valence-electron chi connectivity index (χ4n) is 3.56. The number of carbonyl (C=O) groups is 1. The van der Waals surface area contributed by atoms with E-state index in [-0.39, 0.29) is 11.8 Å². The summed E-state index contributed by atoms with van der Waals surface area (Å²) in [5.41, 5.74) is 1.71. The number of anilines is 1. The maximum atomic E-state index is 13.1. The number of amides is 1. The van der Waals surface area contributed by atoms with Crippen molar-refractivity contribution in [2.24, 2.45) is 0 Å². The van der Waals surface area contributed by atoms with Crippen molar-refractivity contribution in [1.29, 1.82) is 0 Å². The molecule has 1 aromatic heterocycles. The summed E-state index contributed by atoms with van der Waals surface area (Å²) in [6.07, 6.45) is 2.36. The number of hydrogen-bond acceptors (Lipinski definition) is 5. The van der Waals surface area contributed by atoms with Crippen LogP contribution in [0.5, 0.6) is 0 Å². The molecule has 1 amide bonds. The average Bonchev–Trinajstić information content (AvgIpc) is 3.38. The molecule has 2 N–H and O–H groups in total. The van der Waals surface area contributed by atoms with E-state index in [0.717, 1.165) is 23.3 Å². The number of rotatable bonds is 6. The first-order valence-corrected chi connectivity index (χ1v) is 9.40. The molecule has 3 aromatic rings. The highest BCUT2D eigenvalue weighted by atomic mass is 16.2. The summed E-state index contributed by atoms with van der Waals surface area (Å²) >= 11 is 0. The second-order valence-electron chi connectivity index (χ2n) is 6.93. The third-order valence-corrected chi connectivity index (χ3v) is 4.99. The maximum Gasteiger partial charge on any atom is 0.365 e. The molecule has 0 saturated carbocycles. The molecule has 1 aliphatic rings. The normalized spacial score (nSPS) is 15.4. The van der Waals surface area contributed by atoms with E-state index < -0.39 is 5.69 Å². The number of likely N-dealkylation sites (tertiary alicyclic amines) is 1. The maximum absolute atomic E-state index is 13.1. The van der Waals surface area contributed by atoms with Gasteiger partial charge in [0.15, 0.2) is 0 Å². The molecule has 1 unspecified atom stereocenters.